The zero-order chi connectivity index (χ0) is 28.1. The molecule has 2 aliphatic rings. The van der Waals surface area contributed by atoms with Gasteiger partial charge in [0, 0.05) is 44.3 Å². The minimum absolute atomic E-state index is 0.00683. The second-order valence-corrected chi connectivity index (χ2v) is 9.47. The number of halogens is 2. The zero-order valence-electron chi connectivity index (χ0n) is 22.6. The third kappa shape index (κ3) is 9.31. The number of nitrogens with zero attached hydrogens (tertiary/aromatic N) is 6. The van der Waals surface area contributed by atoms with E-state index in [1.165, 1.54) is 81.2 Å². The first-order chi connectivity index (χ1) is 18.2. The van der Waals surface area contributed by atoms with Crippen LogP contribution < -0.4 is 15.5 Å². The fourth-order valence-corrected chi connectivity index (χ4v) is 4.37. The molecule has 4 heterocycles. The van der Waals surface area contributed by atoms with E-state index in [2.05, 4.69) is 42.3 Å². The number of likely N-dealkylation sites (tertiary alicyclic amines) is 1. The Hall–Kier alpha value is -3.13. The maximum atomic E-state index is 14.6. The van der Waals surface area contributed by atoms with Crippen LogP contribution in [-0.4, -0.2) is 96.2 Å². The number of piperidine rings is 2. The molecule has 2 fully saturated rings. The van der Waals surface area contributed by atoms with Crippen molar-refractivity contribution < 1.29 is 23.1 Å². The molecule has 2 aromatic rings. The Balaban J connectivity index is 0.000000481. The third-order valence-corrected chi connectivity index (χ3v) is 6.64. The van der Waals surface area contributed by atoms with E-state index in [9.17, 15) is 18.4 Å². The summed E-state index contributed by atoms with van der Waals surface area (Å²) in [5.41, 5.74) is 0. The van der Waals surface area contributed by atoms with Gasteiger partial charge in [0.15, 0.2) is 5.13 Å². The van der Waals surface area contributed by atoms with Crippen molar-refractivity contribution in [2.24, 2.45) is 0 Å². The van der Waals surface area contributed by atoms with Crippen LogP contribution in [0.5, 0.6) is 0 Å². The van der Waals surface area contributed by atoms with Crippen molar-refractivity contribution in [3.05, 3.63) is 23.8 Å². The van der Waals surface area contributed by atoms with Crippen molar-refractivity contribution in [1.29, 1.82) is 0 Å². The molecule has 1 unspecified atom stereocenters. The van der Waals surface area contributed by atoms with Gasteiger partial charge in [-0.2, -0.15) is 4.98 Å². The van der Waals surface area contributed by atoms with Gasteiger partial charge in [-0.3, -0.25) is 10.6 Å². The Morgan fingerprint density at radius 3 is 2.42 bits per heavy atom. The van der Waals surface area contributed by atoms with E-state index in [0.29, 0.717) is 5.13 Å². The average Bonchev–Trinajstić information content (AvgIpc) is 3.43. The summed E-state index contributed by atoms with van der Waals surface area (Å²) in [5, 5.41) is 6.88. The topological polar surface area (TPSA) is 116 Å². The highest BCUT2D eigenvalue weighted by molar-refractivity contribution is 7.13. The lowest BCUT2D eigenvalue weighted by atomic mass is 10.00. The number of carbonyl (C=O) groups is 2. The van der Waals surface area contributed by atoms with Gasteiger partial charge in [0.2, 0.25) is 5.95 Å². The Labute approximate surface area is 226 Å². The number of nitrogens with one attached hydrogen (secondary N) is 2. The van der Waals surface area contributed by atoms with Crippen molar-refractivity contribution in [2.75, 3.05) is 62.9 Å². The third-order valence-electron chi connectivity index (χ3n) is 5.95. The number of aromatic nitrogens is 3. The molecule has 2 aliphatic heterocycles. The predicted octanol–water partition coefficient (Wildman–Crippen LogP) is 4.62. The van der Waals surface area contributed by atoms with E-state index in [0.717, 1.165) is 4.90 Å². The van der Waals surface area contributed by atoms with Gasteiger partial charge in [0.05, 0.1) is 7.11 Å². The monoisotopic (exact) mass is 556 g/mol. The molecule has 0 spiro atoms. The zero-order valence-corrected chi connectivity index (χ0v) is 23.4. The molecule has 1 atom stereocenters. The van der Waals surface area contributed by atoms with Gasteiger partial charge in [-0.05, 0) is 39.0 Å². The van der Waals surface area contributed by atoms with Crippen LogP contribution in [0, 0.1) is 0 Å². The van der Waals surface area contributed by atoms with Gasteiger partial charge in [0.25, 0.3) is 5.92 Å². The SMILES string of the molecule is CC.CN1CCCCC1.COC(=O)Nc1ccnc(N2CCC(F)(F)C(N(C)C(=O)Nc3nccs3)C2)n1. The number of likely N-dealkylation sites (N-methyl/N-ethyl adjacent to an activating group) is 1. The van der Waals surface area contributed by atoms with E-state index in [1.807, 2.05) is 13.8 Å². The minimum atomic E-state index is -3.09. The van der Waals surface area contributed by atoms with Crippen LogP contribution in [-0.2, 0) is 4.74 Å². The quantitative estimate of drug-likeness (QED) is 0.561. The van der Waals surface area contributed by atoms with Crippen LogP contribution in [0.4, 0.5) is 35.3 Å². The highest BCUT2D eigenvalue weighted by Gasteiger charge is 2.48. The molecule has 0 aromatic carbocycles. The van der Waals surface area contributed by atoms with Crippen LogP contribution >= 0.6 is 11.3 Å². The summed E-state index contributed by atoms with van der Waals surface area (Å²) in [6, 6.07) is -0.644. The smallest absolute Gasteiger partial charge is 0.412 e. The van der Waals surface area contributed by atoms with Gasteiger partial charge in [-0.15, -0.1) is 11.3 Å². The fraction of sp³-hybridized carbons (Fsp3) is 0.625. The van der Waals surface area contributed by atoms with Crippen LogP contribution in [0.25, 0.3) is 0 Å². The van der Waals surface area contributed by atoms with Crippen molar-refractivity contribution in [2.45, 2.75) is 51.5 Å². The van der Waals surface area contributed by atoms with Crippen molar-refractivity contribution in [3.8, 4) is 0 Å². The molecule has 3 amide bonds. The Morgan fingerprint density at radius 2 is 1.84 bits per heavy atom. The lowest BCUT2D eigenvalue weighted by Crippen LogP contribution is -2.60. The first kappa shape index (κ1) is 31.1. The second-order valence-electron chi connectivity index (χ2n) is 8.57. The molecule has 0 aliphatic carbocycles. The van der Waals surface area contributed by atoms with Gasteiger partial charge in [-0.1, -0.05) is 20.3 Å². The number of hydrogen-bond acceptors (Lipinski definition) is 9. The minimum Gasteiger partial charge on any atom is -0.453 e. The summed E-state index contributed by atoms with van der Waals surface area (Å²) >= 11 is 1.19. The van der Waals surface area contributed by atoms with Gasteiger partial charge in [-0.25, -0.2) is 28.3 Å². The molecule has 14 heteroatoms. The number of amides is 3. The summed E-state index contributed by atoms with van der Waals surface area (Å²) in [7, 11) is 4.71. The Kier molecular flexibility index (Phi) is 12.5. The lowest BCUT2D eigenvalue weighted by Gasteiger charge is -2.42. The lowest BCUT2D eigenvalue weighted by molar-refractivity contribution is -0.0760. The number of urea groups is 1. The molecule has 4 rings (SSSR count). The van der Waals surface area contributed by atoms with E-state index in [4.69, 9.17) is 0 Å². The molecular weight excluding hydrogens is 518 g/mol. The first-order valence-corrected chi connectivity index (χ1v) is 13.5. The number of methoxy groups -OCH3 is 1. The number of thiazole rings is 1. The number of anilines is 3. The van der Waals surface area contributed by atoms with Crippen molar-refractivity contribution in [3.63, 3.8) is 0 Å². The number of rotatable bonds is 4. The fourth-order valence-electron chi connectivity index (χ4n) is 3.86. The number of hydrogen-bond donors (Lipinski definition) is 2. The summed E-state index contributed by atoms with van der Waals surface area (Å²) < 4.78 is 33.6. The molecular formula is C24H38F2N8O3S. The van der Waals surface area contributed by atoms with Crippen LogP contribution in [0.15, 0.2) is 23.8 Å². The molecule has 2 saturated heterocycles. The van der Waals surface area contributed by atoms with Crippen LogP contribution in [0.3, 0.4) is 0 Å². The normalized spacial score (nSPS) is 18.6. The maximum Gasteiger partial charge on any atom is 0.412 e. The maximum absolute atomic E-state index is 14.6. The van der Waals surface area contributed by atoms with Gasteiger partial charge in [0.1, 0.15) is 11.9 Å². The molecule has 38 heavy (non-hydrogen) atoms. The predicted molar refractivity (Wildman–Crippen MR) is 145 cm³/mol. The highest BCUT2D eigenvalue weighted by atomic mass is 32.1. The number of ether oxygens (including phenoxy) is 1. The van der Waals surface area contributed by atoms with Crippen molar-refractivity contribution >= 4 is 40.4 Å². The molecule has 0 radical (unpaired) electrons. The summed E-state index contributed by atoms with van der Waals surface area (Å²) in [5.74, 6) is -2.76. The average molecular weight is 557 g/mol. The first-order valence-electron chi connectivity index (χ1n) is 12.6. The Bertz CT molecular complexity index is 993. The van der Waals surface area contributed by atoms with E-state index in [-0.39, 0.29) is 24.9 Å². The molecule has 2 aromatic heterocycles. The van der Waals surface area contributed by atoms with Crippen molar-refractivity contribution in [1.82, 2.24) is 24.8 Å². The van der Waals surface area contributed by atoms with Crippen LogP contribution in [0.2, 0.25) is 0 Å². The Morgan fingerprint density at radius 1 is 1.13 bits per heavy atom. The molecule has 11 nitrogen and oxygen atoms in total. The summed E-state index contributed by atoms with van der Waals surface area (Å²) in [6.07, 6.45) is 5.98. The summed E-state index contributed by atoms with van der Waals surface area (Å²) in [4.78, 5) is 40.8. The molecule has 0 bridgehead atoms. The highest BCUT2D eigenvalue weighted by Crippen LogP contribution is 2.33. The van der Waals surface area contributed by atoms with E-state index >= 15 is 0 Å². The number of carbonyl (C=O) groups excluding carboxylic acids is 2. The number of alkyl halides is 2. The molecule has 2 N–H and O–H groups in total. The standard InChI is InChI=1S/C16H19F2N7O3S.C6H13N.C2H6/c1-24(14(26)23-13-20-6-8-29-13)10-9-25(7-4-16(10,17)18)12-19-5-3-11(21-12)22-15(27)28-2;1-7-5-3-2-4-6-7;1-2/h3,5-6,8,10H,4,7,9H2,1-2H3,(H,20,23,26)(H,19,21,22,27);2-6H2,1H3;1-2H3. The summed E-state index contributed by atoms with van der Waals surface area (Å²) in [6.45, 7) is 6.45. The van der Waals surface area contributed by atoms with Gasteiger partial charge < -0.3 is 19.4 Å². The van der Waals surface area contributed by atoms with Gasteiger partial charge >= 0.3 is 12.1 Å². The largest absolute Gasteiger partial charge is 0.453 e. The molecule has 0 saturated carbocycles. The molecule has 212 valence electrons. The second kappa shape index (κ2) is 15.3. The van der Waals surface area contributed by atoms with E-state index < -0.39 is 30.5 Å². The van der Waals surface area contributed by atoms with E-state index in [1.54, 1.807) is 5.38 Å². The van der Waals surface area contributed by atoms with Crippen LogP contribution in [0.1, 0.15) is 39.5 Å².